The zero-order chi connectivity index (χ0) is 20.2. The highest BCUT2D eigenvalue weighted by atomic mass is 32.1. The Kier molecular flexibility index (Phi) is 6.11. The second-order valence-electron chi connectivity index (χ2n) is 7.32. The highest BCUT2D eigenvalue weighted by molar-refractivity contribution is 7.22. The van der Waals surface area contributed by atoms with Gasteiger partial charge in [-0.05, 0) is 48.6 Å². The summed E-state index contributed by atoms with van der Waals surface area (Å²) in [5.74, 6) is 0.844. The summed E-state index contributed by atoms with van der Waals surface area (Å²) in [4.78, 5) is 19.8. The van der Waals surface area contributed by atoms with Gasteiger partial charge in [-0.25, -0.2) is 4.98 Å². The fraction of sp³-hybridized carbons (Fsp3) is 0.391. The molecule has 1 aliphatic heterocycles. The Morgan fingerprint density at radius 1 is 1.24 bits per heavy atom. The number of nitrogens with zero attached hydrogens (tertiary/aromatic N) is 2. The van der Waals surface area contributed by atoms with Crippen LogP contribution in [0.1, 0.15) is 30.9 Å². The van der Waals surface area contributed by atoms with Gasteiger partial charge >= 0.3 is 0 Å². The molecule has 2 heterocycles. The summed E-state index contributed by atoms with van der Waals surface area (Å²) in [7, 11) is 1.65. The van der Waals surface area contributed by atoms with Crippen LogP contribution in [0.25, 0.3) is 10.2 Å². The Bertz CT molecular complexity index is 977. The van der Waals surface area contributed by atoms with Gasteiger partial charge in [0.15, 0.2) is 5.13 Å². The van der Waals surface area contributed by atoms with Crippen LogP contribution in [-0.4, -0.2) is 37.3 Å². The maximum absolute atomic E-state index is 13.3. The Morgan fingerprint density at radius 3 is 2.72 bits per heavy atom. The summed E-state index contributed by atoms with van der Waals surface area (Å²) in [6.45, 7) is 3.44. The molecule has 29 heavy (non-hydrogen) atoms. The Balaban J connectivity index is 1.60. The van der Waals surface area contributed by atoms with Crippen LogP contribution >= 0.6 is 11.3 Å². The lowest BCUT2D eigenvalue weighted by Crippen LogP contribution is -2.38. The summed E-state index contributed by atoms with van der Waals surface area (Å²) in [5, 5.41) is 0.721. The topological polar surface area (TPSA) is 51.7 Å². The van der Waals surface area contributed by atoms with Gasteiger partial charge in [-0.2, -0.15) is 0 Å². The van der Waals surface area contributed by atoms with E-state index in [0.29, 0.717) is 13.0 Å². The second kappa shape index (κ2) is 8.93. The van der Waals surface area contributed by atoms with E-state index in [9.17, 15) is 4.79 Å². The van der Waals surface area contributed by atoms with Crippen LogP contribution in [0.15, 0.2) is 42.5 Å². The molecule has 1 fully saturated rings. The van der Waals surface area contributed by atoms with Gasteiger partial charge in [0.05, 0.1) is 36.4 Å². The van der Waals surface area contributed by atoms with Gasteiger partial charge in [0, 0.05) is 6.61 Å². The van der Waals surface area contributed by atoms with Crippen LogP contribution < -0.4 is 9.64 Å². The molecule has 4 rings (SSSR count). The molecule has 0 spiro atoms. The number of methoxy groups -OCH3 is 1. The molecule has 0 radical (unpaired) electrons. The van der Waals surface area contributed by atoms with Crippen LogP contribution in [0.2, 0.25) is 0 Å². The summed E-state index contributed by atoms with van der Waals surface area (Å²) in [6, 6.07) is 14.1. The summed E-state index contributed by atoms with van der Waals surface area (Å²) < 4.78 is 12.1. The lowest BCUT2D eigenvalue weighted by molar-refractivity contribution is -0.118. The second-order valence-corrected chi connectivity index (χ2v) is 8.33. The molecule has 1 aromatic heterocycles. The van der Waals surface area contributed by atoms with Crippen molar-refractivity contribution in [3.05, 3.63) is 53.6 Å². The predicted octanol–water partition coefficient (Wildman–Crippen LogP) is 4.62. The summed E-state index contributed by atoms with van der Waals surface area (Å²) in [5.41, 5.74) is 3.17. The minimum atomic E-state index is 0.0516. The van der Waals surface area contributed by atoms with Crippen molar-refractivity contribution in [3.63, 3.8) is 0 Å². The number of aromatic nitrogens is 1. The predicted molar refractivity (Wildman–Crippen MR) is 117 cm³/mol. The first-order valence-corrected chi connectivity index (χ1v) is 10.9. The van der Waals surface area contributed by atoms with Crippen LogP contribution in [0.3, 0.4) is 0 Å². The van der Waals surface area contributed by atoms with Crippen LogP contribution in [0.4, 0.5) is 5.13 Å². The summed E-state index contributed by atoms with van der Waals surface area (Å²) >= 11 is 1.52. The molecular weight excluding hydrogens is 384 g/mol. The molecule has 1 amide bonds. The van der Waals surface area contributed by atoms with Crippen molar-refractivity contribution in [2.45, 2.75) is 38.7 Å². The molecular formula is C23H26N2O3S. The number of aryl methyl sites for hydroxylation is 1. The number of fused-ring (bicyclic) bond motifs is 1. The largest absolute Gasteiger partial charge is 0.497 e. The van der Waals surface area contributed by atoms with Crippen molar-refractivity contribution >= 4 is 32.6 Å². The minimum absolute atomic E-state index is 0.0516. The fourth-order valence-corrected chi connectivity index (χ4v) is 4.60. The van der Waals surface area contributed by atoms with Crippen molar-refractivity contribution in [2.75, 3.05) is 25.2 Å². The van der Waals surface area contributed by atoms with Crippen molar-refractivity contribution in [1.29, 1.82) is 0 Å². The van der Waals surface area contributed by atoms with Crippen molar-refractivity contribution in [2.24, 2.45) is 0 Å². The van der Waals surface area contributed by atoms with Gasteiger partial charge in [0.1, 0.15) is 5.75 Å². The van der Waals surface area contributed by atoms with E-state index in [-0.39, 0.29) is 12.0 Å². The third-order valence-corrected chi connectivity index (χ3v) is 6.35. The number of ether oxygens (including phenoxy) is 2. The zero-order valence-corrected chi connectivity index (χ0v) is 17.7. The first kappa shape index (κ1) is 19.9. The van der Waals surface area contributed by atoms with E-state index in [2.05, 4.69) is 19.1 Å². The average molecular weight is 411 g/mol. The van der Waals surface area contributed by atoms with Gasteiger partial charge in [-0.1, -0.05) is 42.5 Å². The third kappa shape index (κ3) is 4.60. The average Bonchev–Trinajstić information content (AvgIpc) is 3.41. The molecule has 152 valence electrons. The molecule has 1 aliphatic rings. The van der Waals surface area contributed by atoms with Gasteiger partial charge in [0.2, 0.25) is 5.91 Å². The standard InChI is InChI=1S/C23H26N2O3S/c1-3-16-6-8-17(9-7-16)13-22(26)25(15-19-5-4-12-28-19)23-24-20-11-10-18(27-2)14-21(20)29-23/h6-11,14,19H,3-5,12-13,15H2,1-2H3. The first-order chi connectivity index (χ1) is 14.2. The molecule has 0 bridgehead atoms. The highest BCUT2D eigenvalue weighted by Crippen LogP contribution is 2.32. The molecule has 0 N–H and O–H groups in total. The van der Waals surface area contributed by atoms with Crippen LogP contribution in [0, 0.1) is 0 Å². The van der Waals surface area contributed by atoms with E-state index >= 15 is 0 Å². The lowest BCUT2D eigenvalue weighted by atomic mass is 10.1. The minimum Gasteiger partial charge on any atom is -0.497 e. The monoisotopic (exact) mass is 410 g/mol. The van der Waals surface area contributed by atoms with Crippen LogP contribution in [0.5, 0.6) is 5.75 Å². The number of carbonyl (C=O) groups is 1. The number of thiazole rings is 1. The Morgan fingerprint density at radius 2 is 2.03 bits per heavy atom. The lowest BCUT2D eigenvalue weighted by Gasteiger charge is -2.23. The number of hydrogen-bond donors (Lipinski definition) is 0. The number of benzene rings is 2. The van der Waals surface area contributed by atoms with E-state index in [4.69, 9.17) is 14.5 Å². The van der Waals surface area contributed by atoms with Crippen molar-refractivity contribution in [3.8, 4) is 5.75 Å². The molecule has 1 unspecified atom stereocenters. The zero-order valence-electron chi connectivity index (χ0n) is 16.9. The molecule has 2 aromatic carbocycles. The smallest absolute Gasteiger partial charge is 0.233 e. The number of rotatable bonds is 7. The van der Waals surface area contributed by atoms with E-state index in [0.717, 1.165) is 52.5 Å². The molecule has 0 saturated carbocycles. The van der Waals surface area contributed by atoms with E-state index < -0.39 is 0 Å². The van der Waals surface area contributed by atoms with E-state index in [1.165, 1.54) is 16.9 Å². The summed E-state index contributed by atoms with van der Waals surface area (Å²) in [6.07, 6.45) is 3.45. The Labute approximate surface area is 175 Å². The van der Waals surface area contributed by atoms with E-state index in [1.54, 1.807) is 12.0 Å². The quantitative estimate of drug-likeness (QED) is 0.570. The molecule has 3 aromatic rings. The molecule has 1 saturated heterocycles. The number of carbonyl (C=O) groups excluding carboxylic acids is 1. The van der Waals surface area contributed by atoms with Gasteiger partial charge < -0.3 is 9.47 Å². The molecule has 1 atom stereocenters. The number of anilines is 1. The number of hydrogen-bond acceptors (Lipinski definition) is 5. The molecule has 5 nitrogen and oxygen atoms in total. The number of amides is 1. The molecule has 6 heteroatoms. The normalized spacial score (nSPS) is 16.3. The Hall–Kier alpha value is -2.44. The van der Waals surface area contributed by atoms with E-state index in [1.807, 2.05) is 30.3 Å². The fourth-order valence-electron chi connectivity index (χ4n) is 3.58. The highest BCUT2D eigenvalue weighted by Gasteiger charge is 2.26. The maximum Gasteiger partial charge on any atom is 0.233 e. The van der Waals surface area contributed by atoms with Gasteiger partial charge in [0.25, 0.3) is 0 Å². The molecule has 0 aliphatic carbocycles. The maximum atomic E-state index is 13.3. The first-order valence-electron chi connectivity index (χ1n) is 10.1. The third-order valence-electron chi connectivity index (χ3n) is 5.31. The van der Waals surface area contributed by atoms with Gasteiger partial charge in [-0.3, -0.25) is 9.69 Å². The van der Waals surface area contributed by atoms with Crippen LogP contribution in [-0.2, 0) is 22.4 Å². The van der Waals surface area contributed by atoms with Gasteiger partial charge in [-0.15, -0.1) is 0 Å². The van der Waals surface area contributed by atoms with Crippen molar-refractivity contribution in [1.82, 2.24) is 4.98 Å². The SMILES string of the molecule is CCc1ccc(CC(=O)N(CC2CCCO2)c2nc3ccc(OC)cc3s2)cc1. The van der Waals surface area contributed by atoms with Crippen molar-refractivity contribution < 1.29 is 14.3 Å².